The normalized spacial score (nSPS) is 40.0. The summed E-state index contributed by atoms with van der Waals surface area (Å²) >= 11 is 0. The van der Waals surface area contributed by atoms with Gasteiger partial charge in [-0.05, 0) is 0 Å². The molecular weight excluding hydrogens is 236 g/mol. The molecule has 0 bridgehead atoms. The lowest BCUT2D eigenvalue weighted by Gasteiger charge is -2.39. The Bertz CT molecular complexity index is 268. The van der Waals surface area contributed by atoms with Crippen LogP contribution in [0.15, 0.2) is 0 Å². The van der Waals surface area contributed by atoms with Crippen LogP contribution in [0.4, 0.5) is 0 Å². The zero-order valence-corrected chi connectivity index (χ0v) is 8.88. The molecule has 0 spiro atoms. The molecule has 0 aromatic carbocycles. The van der Waals surface area contributed by atoms with E-state index in [1.165, 1.54) is 0 Å². The lowest BCUT2D eigenvalue weighted by Crippen LogP contribution is -2.62. The van der Waals surface area contributed by atoms with Gasteiger partial charge in [0.1, 0.15) is 36.6 Å². The Morgan fingerprint density at radius 1 is 1.12 bits per heavy atom. The molecule has 1 fully saturated rings. The van der Waals surface area contributed by atoms with Gasteiger partial charge in [0.05, 0.1) is 13.2 Å². The maximum Gasteiger partial charge on any atom is 0.195 e. The highest BCUT2D eigenvalue weighted by Gasteiger charge is 2.47. The minimum Gasteiger partial charge on any atom is -0.394 e. The Kier molecular flexibility index (Phi) is 4.95. The van der Waals surface area contributed by atoms with Crippen molar-refractivity contribution in [2.75, 3.05) is 13.2 Å². The lowest BCUT2D eigenvalue weighted by atomic mass is 9.91. The zero-order valence-electron chi connectivity index (χ0n) is 8.88. The maximum atomic E-state index is 11.5. The summed E-state index contributed by atoms with van der Waals surface area (Å²) in [7, 11) is 0. The van der Waals surface area contributed by atoms with E-state index in [4.69, 9.17) is 20.1 Å². The van der Waals surface area contributed by atoms with Gasteiger partial charge in [-0.1, -0.05) is 0 Å². The molecule has 1 unspecified atom stereocenters. The molecule has 0 amide bonds. The minimum atomic E-state index is -1.75. The van der Waals surface area contributed by atoms with Crippen molar-refractivity contribution in [3.05, 3.63) is 0 Å². The van der Waals surface area contributed by atoms with Crippen molar-refractivity contribution in [1.29, 1.82) is 0 Å². The van der Waals surface area contributed by atoms with Crippen molar-refractivity contribution in [1.82, 2.24) is 0 Å². The van der Waals surface area contributed by atoms with Crippen molar-refractivity contribution in [3.63, 3.8) is 0 Å². The van der Waals surface area contributed by atoms with E-state index >= 15 is 0 Å². The minimum absolute atomic E-state index is 0.663. The van der Waals surface area contributed by atoms with Crippen LogP contribution in [0.1, 0.15) is 0 Å². The number of Topliss-reactive ketones (excluding diaryl/α,β-unsaturated/α-hetero) is 1. The summed E-state index contributed by atoms with van der Waals surface area (Å²) in [5.74, 6) is -1.02. The second-order valence-corrected chi connectivity index (χ2v) is 3.85. The maximum absolute atomic E-state index is 11.5. The van der Waals surface area contributed by atoms with Crippen molar-refractivity contribution in [3.8, 4) is 0 Å². The molecule has 100 valence electrons. The third-order valence-corrected chi connectivity index (χ3v) is 2.67. The van der Waals surface area contributed by atoms with Crippen LogP contribution in [0.25, 0.3) is 0 Å². The topological polar surface area (TPSA) is 148 Å². The highest BCUT2D eigenvalue weighted by atomic mass is 16.5. The van der Waals surface area contributed by atoms with E-state index in [1.54, 1.807) is 0 Å². The van der Waals surface area contributed by atoms with E-state index in [0.717, 1.165) is 0 Å². The summed E-state index contributed by atoms with van der Waals surface area (Å²) < 4.78 is 4.88. The van der Waals surface area contributed by atoms with E-state index in [1.807, 2.05) is 0 Å². The van der Waals surface area contributed by atoms with Crippen LogP contribution in [0, 0.1) is 0 Å². The smallest absolute Gasteiger partial charge is 0.195 e. The van der Waals surface area contributed by atoms with Crippen molar-refractivity contribution < 1.29 is 40.2 Å². The van der Waals surface area contributed by atoms with Crippen LogP contribution in [-0.2, 0) is 9.53 Å². The van der Waals surface area contributed by atoms with Gasteiger partial charge in [-0.3, -0.25) is 4.79 Å². The third kappa shape index (κ3) is 2.80. The molecule has 1 saturated heterocycles. The first kappa shape index (κ1) is 14.5. The molecule has 0 aromatic heterocycles. The summed E-state index contributed by atoms with van der Waals surface area (Å²) in [5, 5.41) is 54.9. The fourth-order valence-corrected chi connectivity index (χ4v) is 1.62. The summed E-state index contributed by atoms with van der Waals surface area (Å²) in [4.78, 5) is 11.5. The molecule has 1 aliphatic heterocycles. The number of aliphatic hydroxyl groups excluding tert-OH is 6. The van der Waals surface area contributed by atoms with Gasteiger partial charge in [0.15, 0.2) is 5.78 Å². The Morgan fingerprint density at radius 2 is 1.71 bits per heavy atom. The van der Waals surface area contributed by atoms with Crippen molar-refractivity contribution in [2.45, 2.75) is 36.6 Å². The van der Waals surface area contributed by atoms with Gasteiger partial charge in [-0.25, -0.2) is 0 Å². The average Bonchev–Trinajstić information content (AvgIpc) is 2.34. The largest absolute Gasteiger partial charge is 0.394 e. The average molecular weight is 252 g/mol. The summed E-state index contributed by atoms with van der Waals surface area (Å²) in [6.07, 6.45) is -9.55. The molecule has 1 aliphatic rings. The van der Waals surface area contributed by atoms with Crippen LogP contribution < -0.4 is 0 Å². The van der Waals surface area contributed by atoms with Gasteiger partial charge < -0.3 is 35.4 Å². The Balaban J connectivity index is 2.82. The van der Waals surface area contributed by atoms with Crippen molar-refractivity contribution in [2.24, 2.45) is 0 Å². The van der Waals surface area contributed by atoms with Gasteiger partial charge in [-0.2, -0.15) is 0 Å². The van der Waals surface area contributed by atoms with Crippen LogP contribution in [-0.4, -0.2) is 86.3 Å². The summed E-state index contributed by atoms with van der Waals surface area (Å²) in [6.45, 7) is -1.52. The van der Waals surface area contributed by atoms with Gasteiger partial charge in [0.25, 0.3) is 0 Å². The number of hydrogen-bond donors (Lipinski definition) is 6. The quantitative estimate of drug-likeness (QED) is 0.295. The predicted octanol–water partition coefficient (Wildman–Crippen LogP) is -4.25. The zero-order chi connectivity index (χ0) is 13.2. The predicted molar refractivity (Wildman–Crippen MR) is 51.9 cm³/mol. The second kappa shape index (κ2) is 5.83. The molecule has 0 aromatic rings. The van der Waals surface area contributed by atoms with Crippen LogP contribution in [0.2, 0.25) is 0 Å². The molecule has 17 heavy (non-hydrogen) atoms. The first-order valence-electron chi connectivity index (χ1n) is 5.07. The first-order chi connectivity index (χ1) is 7.93. The fourth-order valence-electron chi connectivity index (χ4n) is 1.62. The first-order valence-corrected chi connectivity index (χ1v) is 5.07. The SMILES string of the molecule is O=C(C1O[C@H](CO)[C@H](O)[C@H](O)[C@H]1O)[C@H](O)CO. The summed E-state index contributed by atoms with van der Waals surface area (Å²) in [5.41, 5.74) is 0. The van der Waals surface area contributed by atoms with Crippen LogP contribution in [0.5, 0.6) is 0 Å². The van der Waals surface area contributed by atoms with Crippen molar-refractivity contribution >= 4 is 5.78 Å². The standard InChI is InChI=1S/C9H16O8/c10-1-3(12)5(13)9-8(16)7(15)6(14)4(2-11)17-9/h3-4,6-12,14-16H,1-2H2/t3-,4-,6+,7+,8-,9?/m1/s1. The second-order valence-electron chi connectivity index (χ2n) is 3.85. The molecule has 0 saturated carbocycles. The van der Waals surface area contributed by atoms with E-state index in [0.29, 0.717) is 0 Å². The Labute approximate surface area is 96.7 Å². The molecule has 1 rings (SSSR count). The lowest BCUT2D eigenvalue weighted by molar-refractivity contribution is -0.228. The number of rotatable bonds is 4. The van der Waals surface area contributed by atoms with E-state index in [9.17, 15) is 20.1 Å². The molecule has 6 N–H and O–H groups in total. The fraction of sp³-hybridized carbons (Fsp3) is 0.889. The highest BCUT2D eigenvalue weighted by molar-refractivity contribution is 5.88. The third-order valence-electron chi connectivity index (χ3n) is 2.67. The van der Waals surface area contributed by atoms with E-state index < -0.39 is 55.6 Å². The Morgan fingerprint density at radius 3 is 2.18 bits per heavy atom. The van der Waals surface area contributed by atoms with Crippen LogP contribution >= 0.6 is 0 Å². The van der Waals surface area contributed by atoms with Gasteiger partial charge in [-0.15, -0.1) is 0 Å². The number of hydrogen-bond acceptors (Lipinski definition) is 8. The molecule has 6 atom stereocenters. The molecule has 0 aliphatic carbocycles. The molecular formula is C9H16O8. The molecule has 8 heteroatoms. The highest BCUT2D eigenvalue weighted by Crippen LogP contribution is 2.22. The van der Waals surface area contributed by atoms with E-state index in [-0.39, 0.29) is 0 Å². The van der Waals surface area contributed by atoms with Gasteiger partial charge in [0.2, 0.25) is 0 Å². The number of ketones is 1. The number of carbonyl (C=O) groups excluding carboxylic acids is 1. The Hall–Kier alpha value is -0.610. The van der Waals surface area contributed by atoms with E-state index in [2.05, 4.69) is 0 Å². The molecule has 0 radical (unpaired) electrons. The van der Waals surface area contributed by atoms with Crippen LogP contribution in [0.3, 0.4) is 0 Å². The number of carbonyl (C=O) groups is 1. The monoisotopic (exact) mass is 252 g/mol. The number of ether oxygens (including phenoxy) is 1. The molecule has 8 nitrogen and oxygen atoms in total. The molecule has 1 heterocycles. The van der Waals surface area contributed by atoms with Gasteiger partial charge >= 0.3 is 0 Å². The summed E-state index contributed by atoms with van der Waals surface area (Å²) in [6, 6.07) is 0. The number of aliphatic hydroxyl groups is 6. The van der Waals surface area contributed by atoms with Gasteiger partial charge in [0, 0.05) is 0 Å².